The molecule has 0 saturated heterocycles. The number of hydrogen-bond donors (Lipinski definition) is 0. The molecule has 1 aliphatic rings. The zero-order valence-electron chi connectivity index (χ0n) is 18.7. The highest BCUT2D eigenvalue weighted by molar-refractivity contribution is 6.35. The third-order valence-electron chi connectivity index (χ3n) is 5.88. The van der Waals surface area contributed by atoms with Crippen LogP contribution in [0.25, 0.3) is 16.8 Å². The van der Waals surface area contributed by atoms with Gasteiger partial charge in [0.25, 0.3) is 5.91 Å². The fraction of sp³-hybridized carbons (Fsp3) is 0.148. The quantitative estimate of drug-likeness (QED) is 0.392. The van der Waals surface area contributed by atoms with Crippen LogP contribution in [-0.2, 0) is 0 Å². The van der Waals surface area contributed by atoms with Gasteiger partial charge in [0.15, 0.2) is 5.69 Å². The summed E-state index contributed by atoms with van der Waals surface area (Å²) < 4.78 is 1.98. The summed E-state index contributed by atoms with van der Waals surface area (Å²) in [5.41, 5.74) is 6.89. The SMILES string of the molecule is C[C@H]1N=C(c2ccccc2Cl)c2cc(-c3ccccc3)ccc2-n2cnc(C(=O)N(C)C)c21. The molecule has 1 atom stereocenters. The van der Waals surface area contributed by atoms with Crippen LogP contribution in [0.15, 0.2) is 84.1 Å². The van der Waals surface area contributed by atoms with Crippen molar-refractivity contribution in [1.29, 1.82) is 0 Å². The molecule has 0 fully saturated rings. The van der Waals surface area contributed by atoms with Crippen molar-refractivity contribution in [3.63, 3.8) is 0 Å². The van der Waals surface area contributed by atoms with Gasteiger partial charge in [0.2, 0.25) is 0 Å². The summed E-state index contributed by atoms with van der Waals surface area (Å²) in [6.45, 7) is 1.99. The smallest absolute Gasteiger partial charge is 0.273 e. The maximum Gasteiger partial charge on any atom is 0.273 e. The number of rotatable bonds is 3. The summed E-state index contributed by atoms with van der Waals surface area (Å²) in [5, 5.41) is 0.633. The molecule has 0 N–H and O–H groups in total. The molecular weight excluding hydrogens is 432 g/mol. The Morgan fingerprint density at radius 1 is 0.939 bits per heavy atom. The monoisotopic (exact) mass is 454 g/mol. The number of halogens is 1. The number of carbonyl (C=O) groups is 1. The third-order valence-corrected chi connectivity index (χ3v) is 6.21. The molecule has 1 aliphatic heterocycles. The Labute approximate surface area is 198 Å². The Kier molecular flexibility index (Phi) is 5.35. The van der Waals surface area contributed by atoms with E-state index in [-0.39, 0.29) is 11.9 Å². The second-order valence-corrected chi connectivity index (χ2v) is 8.69. The van der Waals surface area contributed by atoms with Crippen LogP contribution < -0.4 is 0 Å². The van der Waals surface area contributed by atoms with Crippen molar-refractivity contribution in [3.8, 4) is 16.8 Å². The summed E-state index contributed by atoms with van der Waals surface area (Å²) in [4.78, 5) is 24.0. The molecule has 1 aromatic heterocycles. The number of amides is 1. The van der Waals surface area contributed by atoms with Crippen LogP contribution in [0, 0.1) is 0 Å². The van der Waals surface area contributed by atoms with E-state index in [1.807, 2.05) is 54.0 Å². The van der Waals surface area contributed by atoms with Crippen LogP contribution >= 0.6 is 11.6 Å². The van der Waals surface area contributed by atoms with E-state index in [4.69, 9.17) is 16.6 Å². The average molecular weight is 455 g/mol. The minimum atomic E-state index is -0.301. The fourth-order valence-corrected chi connectivity index (χ4v) is 4.49. The molecule has 0 aliphatic carbocycles. The van der Waals surface area contributed by atoms with E-state index >= 15 is 0 Å². The van der Waals surface area contributed by atoms with E-state index in [2.05, 4.69) is 35.3 Å². The summed E-state index contributed by atoms with van der Waals surface area (Å²) in [6, 6.07) is 24.0. The molecule has 5 nitrogen and oxygen atoms in total. The molecular formula is C27H23ClN4O. The number of nitrogens with zero attached hydrogens (tertiary/aromatic N) is 4. The number of carbonyl (C=O) groups excluding carboxylic acids is 1. The first-order chi connectivity index (χ1) is 16.0. The van der Waals surface area contributed by atoms with E-state index in [1.165, 1.54) is 0 Å². The largest absolute Gasteiger partial charge is 0.343 e. The van der Waals surface area contributed by atoms with Gasteiger partial charge >= 0.3 is 0 Å². The maximum absolute atomic E-state index is 12.9. The average Bonchev–Trinajstić information content (AvgIpc) is 3.23. The van der Waals surface area contributed by atoms with Gasteiger partial charge < -0.3 is 4.90 Å². The van der Waals surface area contributed by atoms with Crippen molar-refractivity contribution in [2.75, 3.05) is 14.1 Å². The molecule has 0 bridgehead atoms. The highest BCUT2D eigenvalue weighted by Gasteiger charge is 2.29. The van der Waals surface area contributed by atoms with Gasteiger partial charge in [-0.15, -0.1) is 0 Å². The molecule has 0 spiro atoms. The zero-order valence-corrected chi connectivity index (χ0v) is 19.4. The van der Waals surface area contributed by atoms with E-state index in [9.17, 15) is 4.79 Å². The molecule has 6 heteroatoms. The van der Waals surface area contributed by atoms with Gasteiger partial charge in [-0.3, -0.25) is 14.4 Å². The number of hydrogen-bond acceptors (Lipinski definition) is 3. The van der Waals surface area contributed by atoms with Crippen LogP contribution in [0.5, 0.6) is 0 Å². The topological polar surface area (TPSA) is 50.5 Å². The van der Waals surface area contributed by atoms with Gasteiger partial charge in [-0.05, 0) is 36.2 Å². The van der Waals surface area contributed by atoms with E-state index in [1.54, 1.807) is 25.3 Å². The first kappa shape index (κ1) is 21.2. The predicted octanol–water partition coefficient (Wildman–Crippen LogP) is 5.81. The first-order valence-corrected chi connectivity index (χ1v) is 11.2. The summed E-state index contributed by atoms with van der Waals surface area (Å²) in [6.07, 6.45) is 1.72. The minimum Gasteiger partial charge on any atom is -0.343 e. The highest BCUT2D eigenvalue weighted by Crippen LogP contribution is 2.36. The van der Waals surface area contributed by atoms with Crippen LogP contribution in [0.2, 0.25) is 5.02 Å². The second-order valence-electron chi connectivity index (χ2n) is 8.28. The highest BCUT2D eigenvalue weighted by atomic mass is 35.5. The minimum absolute atomic E-state index is 0.144. The number of imidazole rings is 1. The Morgan fingerprint density at radius 2 is 1.67 bits per heavy atom. The van der Waals surface area contributed by atoms with Gasteiger partial charge in [0.05, 0.1) is 23.1 Å². The Bertz CT molecular complexity index is 1390. The molecule has 164 valence electrons. The molecule has 33 heavy (non-hydrogen) atoms. The lowest BCUT2D eigenvalue weighted by atomic mass is 9.95. The van der Waals surface area contributed by atoms with Gasteiger partial charge in [-0.25, -0.2) is 4.98 Å². The maximum atomic E-state index is 12.9. The summed E-state index contributed by atoms with van der Waals surface area (Å²) in [7, 11) is 3.46. The molecule has 0 radical (unpaired) electrons. The van der Waals surface area contributed by atoms with Crippen molar-refractivity contribution < 1.29 is 4.79 Å². The molecule has 1 amide bonds. The van der Waals surface area contributed by atoms with Gasteiger partial charge in [0, 0.05) is 30.2 Å². The molecule has 0 saturated carbocycles. The second kappa shape index (κ2) is 8.34. The molecule has 4 aromatic rings. The Balaban J connectivity index is 1.80. The van der Waals surface area contributed by atoms with E-state index < -0.39 is 0 Å². The third kappa shape index (κ3) is 3.64. The van der Waals surface area contributed by atoms with Crippen LogP contribution in [0.1, 0.15) is 40.3 Å². The number of fused-ring (bicyclic) bond motifs is 3. The molecule has 0 unspecified atom stereocenters. The number of aromatic nitrogens is 2. The van der Waals surface area contributed by atoms with E-state index in [0.29, 0.717) is 10.7 Å². The van der Waals surface area contributed by atoms with Gasteiger partial charge in [0.1, 0.15) is 6.33 Å². The lowest BCUT2D eigenvalue weighted by molar-refractivity contribution is 0.0821. The molecule has 2 heterocycles. The predicted molar refractivity (Wildman–Crippen MR) is 133 cm³/mol. The van der Waals surface area contributed by atoms with Crippen LogP contribution in [0.3, 0.4) is 0 Å². The lowest BCUT2D eigenvalue weighted by Gasteiger charge is -2.15. The van der Waals surface area contributed by atoms with E-state index in [0.717, 1.165) is 39.3 Å². The Morgan fingerprint density at radius 3 is 2.39 bits per heavy atom. The van der Waals surface area contributed by atoms with Crippen molar-refractivity contribution in [1.82, 2.24) is 14.5 Å². The van der Waals surface area contributed by atoms with Gasteiger partial charge in [-0.2, -0.15) is 0 Å². The summed E-state index contributed by atoms with van der Waals surface area (Å²) in [5.74, 6) is -0.144. The number of benzene rings is 3. The summed E-state index contributed by atoms with van der Waals surface area (Å²) >= 11 is 6.63. The van der Waals surface area contributed by atoms with Crippen LogP contribution in [-0.4, -0.2) is 40.2 Å². The van der Waals surface area contributed by atoms with Crippen LogP contribution in [0.4, 0.5) is 0 Å². The fourth-order valence-electron chi connectivity index (χ4n) is 4.26. The molecule has 5 rings (SSSR count). The lowest BCUT2D eigenvalue weighted by Crippen LogP contribution is -2.24. The zero-order chi connectivity index (χ0) is 23.1. The standard InChI is InChI=1S/C27H23ClN4O/c1-17-26-25(27(33)31(2)3)29-16-32(26)23-14-13-19(18-9-5-4-6-10-18)15-21(23)24(30-17)20-11-7-8-12-22(20)28/h4-17H,1-3H3/t17-/m1/s1. The normalized spacial score (nSPS) is 14.7. The number of aliphatic imine (C=N–C) groups is 1. The van der Waals surface area contributed by atoms with Gasteiger partial charge in [-0.1, -0.05) is 66.2 Å². The van der Waals surface area contributed by atoms with Crippen molar-refractivity contribution in [2.24, 2.45) is 4.99 Å². The van der Waals surface area contributed by atoms with Crippen molar-refractivity contribution in [2.45, 2.75) is 13.0 Å². The van der Waals surface area contributed by atoms with Crippen molar-refractivity contribution >= 4 is 23.2 Å². The molecule has 3 aromatic carbocycles. The van der Waals surface area contributed by atoms with Crippen molar-refractivity contribution in [3.05, 3.63) is 107 Å². The Hall–Kier alpha value is -3.70. The first-order valence-electron chi connectivity index (χ1n) is 10.8.